The topological polar surface area (TPSA) is 243 Å². The predicted molar refractivity (Wildman–Crippen MR) is 273 cm³/mol. The molecule has 0 saturated carbocycles. The number of aryl methyl sites for hydroxylation is 4. The Hall–Kier alpha value is -5.70. The SMILES string of the molecule is C[C@H]1CN(Cc2cccc(-c3ccnc(CCCc4ccc(O)c(S(N)(=O)=O)c4)n3)c2)[C@@H](C)CN1.C[C@H]1CN(Cc2cccc(-c3ccnc(CCCc4ccc(S(N)(=O)=O)c(O)c4)n3)c2)[C@@H](C)CN1. The summed E-state index contributed by atoms with van der Waals surface area (Å²) in [5.74, 6) is 0.828. The van der Waals surface area contributed by atoms with Crippen LogP contribution in [0, 0.1) is 0 Å². The number of phenols is 2. The summed E-state index contributed by atoms with van der Waals surface area (Å²) in [6.07, 6.45) is 7.65. The van der Waals surface area contributed by atoms with Gasteiger partial charge in [0.15, 0.2) is 0 Å². The molecular formula is C52H66N10O6S2. The van der Waals surface area contributed by atoms with Gasteiger partial charge in [-0.1, -0.05) is 48.5 Å². The maximum Gasteiger partial charge on any atom is 0.241 e. The summed E-state index contributed by atoms with van der Waals surface area (Å²) >= 11 is 0. The number of primary sulfonamides is 2. The fourth-order valence-corrected chi connectivity index (χ4v) is 10.2. The van der Waals surface area contributed by atoms with E-state index in [9.17, 15) is 27.0 Å². The number of aromatic nitrogens is 4. The lowest BCUT2D eigenvalue weighted by atomic mass is 10.0. The van der Waals surface area contributed by atoms with Crippen LogP contribution in [0.3, 0.4) is 0 Å². The zero-order valence-corrected chi connectivity index (χ0v) is 42.0. The summed E-state index contributed by atoms with van der Waals surface area (Å²) in [5.41, 5.74) is 8.08. The first-order valence-corrected chi connectivity index (χ1v) is 26.9. The molecule has 372 valence electrons. The number of phenolic OH excluding ortho intramolecular Hbond substituents is 2. The largest absolute Gasteiger partial charge is 0.507 e. The van der Waals surface area contributed by atoms with Crippen molar-refractivity contribution in [1.29, 1.82) is 0 Å². The van der Waals surface area contributed by atoms with Gasteiger partial charge in [0.05, 0.1) is 11.4 Å². The van der Waals surface area contributed by atoms with Crippen LogP contribution in [0.4, 0.5) is 0 Å². The van der Waals surface area contributed by atoms with Gasteiger partial charge in [-0.25, -0.2) is 47.0 Å². The van der Waals surface area contributed by atoms with E-state index in [2.05, 4.69) is 107 Å². The van der Waals surface area contributed by atoms with Crippen molar-refractivity contribution < 1.29 is 27.0 Å². The Balaban J connectivity index is 0.000000206. The molecule has 4 atom stereocenters. The van der Waals surface area contributed by atoms with Crippen LogP contribution in [0.5, 0.6) is 11.5 Å². The number of sulfonamides is 2. The Kier molecular flexibility index (Phi) is 17.5. The van der Waals surface area contributed by atoms with Crippen LogP contribution in [-0.4, -0.2) is 107 Å². The normalized spacial score (nSPS) is 19.1. The molecule has 18 heteroatoms. The zero-order chi connectivity index (χ0) is 50.0. The second-order valence-electron chi connectivity index (χ2n) is 18.7. The molecule has 70 heavy (non-hydrogen) atoms. The molecule has 0 spiro atoms. The Labute approximate surface area is 412 Å². The first-order chi connectivity index (χ1) is 33.4. The van der Waals surface area contributed by atoms with Crippen molar-refractivity contribution >= 4 is 20.0 Å². The van der Waals surface area contributed by atoms with Crippen LogP contribution in [0.15, 0.2) is 119 Å². The molecule has 0 aliphatic carbocycles. The van der Waals surface area contributed by atoms with E-state index in [0.29, 0.717) is 49.9 Å². The van der Waals surface area contributed by atoms with Crippen molar-refractivity contribution in [2.24, 2.45) is 10.3 Å². The van der Waals surface area contributed by atoms with Gasteiger partial charge in [0.2, 0.25) is 20.0 Å². The smallest absolute Gasteiger partial charge is 0.241 e. The molecular weight excluding hydrogens is 925 g/mol. The van der Waals surface area contributed by atoms with Gasteiger partial charge in [-0.3, -0.25) is 9.80 Å². The molecule has 0 amide bonds. The van der Waals surface area contributed by atoms with Gasteiger partial charge in [-0.05, 0) is 124 Å². The molecule has 0 unspecified atom stereocenters. The summed E-state index contributed by atoms with van der Waals surface area (Å²) in [7, 11) is -7.91. The molecule has 2 aliphatic heterocycles. The van der Waals surface area contributed by atoms with Crippen molar-refractivity contribution in [2.45, 2.75) is 113 Å². The fraction of sp³-hybridized carbons (Fsp3) is 0.385. The molecule has 8 N–H and O–H groups in total. The summed E-state index contributed by atoms with van der Waals surface area (Å²) in [4.78, 5) is 22.9. The van der Waals surface area contributed by atoms with E-state index >= 15 is 0 Å². The number of hydrogen-bond donors (Lipinski definition) is 6. The molecule has 2 saturated heterocycles. The molecule has 0 bridgehead atoms. The Morgan fingerprint density at radius 1 is 0.557 bits per heavy atom. The summed E-state index contributed by atoms with van der Waals surface area (Å²) in [6.45, 7) is 14.9. The van der Waals surface area contributed by atoms with Gasteiger partial charge in [0.1, 0.15) is 32.9 Å². The predicted octanol–water partition coefficient (Wildman–Crippen LogP) is 5.71. The highest BCUT2D eigenvalue weighted by Crippen LogP contribution is 2.26. The van der Waals surface area contributed by atoms with Crippen LogP contribution in [0.2, 0.25) is 0 Å². The van der Waals surface area contributed by atoms with Crippen LogP contribution in [0.1, 0.15) is 74.4 Å². The second kappa shape index (κ2) is 23.5. The summed E-state index contributed by atoms with van der Waals surface area (Å²) in [5, 5.41) is 37.1. The molecule has 4 aromatic carbocycles. The minimum atomic E-state index is -3.97. The highest BCUT2D eigenvalue weighted by atomic mass is 32.2. The molecule has 0 radical (unpaired) electrons. The van der Waals surface area contributed by atoms with Crippen LogP contribution in [-0.2, 0) is 58.8 Å². The van der Waals surface area contributed by atoms with Crippen molar-refractivity contribution in [3.05, 3.63) is 143 Å². The average molecular weight is 991 g/mol. The number of benzene rings is 4. The molecule has 2 aliphatic rings. The minimum absolute atomic E-state index is 0.252. The molecule has 6 aromatic rings. The number of nitrogens with one attached hydrogen (secondary N) is 2. The Bertz CT molecular complexity index is 2960. The van der Waals surface area contributed by atoms with Gasteiger partial charge >= 0.3 is 0 Å². The van der Waals surface area contributed by atoms with Gasteiger partial charge in [-0.2, -0.15) is 0 Å². The third kappa shape index (κ3) is 14.7. The molecule has 2 fully saturated rings. The third-order valence-corrected chi connectivity index (χ3v) is 14.7. The van der Waals surface area contributed by atoms with E-state index in [1.165, 1.54) is 35.4 Å². The van der Waals surface area contributed by atoms with E-state index in [0.717, 1.165) is 97.4 Å². The lowest BCUT2D eigenvalue weighted by Crippen LogP contribution is -2.53. The van der Waals surface area contributed by atoms with E-state index in [4.69, 9.17) is 20.2 Å². The quantitative estimate of drug-likeness (QED) is 0.0681. The van der Waals surface area contributed by atoms with Gasteiger partial charge in [0, 0.05) is 99.8 Å². The minimum Gasteiger partial charge on any atom is -0.507 e. The molecule has 16 nitrogen and oxygen atoms in total. The molecule has 4 heterocycles. The summed E-state index contributed by atoms with van der Waals surface area (Å²) in [6, 6.07) is 31.8. The van der Waals surface area contributed by atoms with Gasteiger partial charge in [-0.15, -0.1) is 0 Å². The highest BCUT2D eigenvalue weighted by molar-refractivity contribution is 7.89. The van der Waals surface area contributed by atoms with E-state index in [1.807, 2.05) is 12.1 Å². The number of hydrogen-bond acceptors (Lipinski definition) is 14. The van der Waals surface area contributed by atoms with Gasteiger partial charge in [0.25, 0.3) is 0 Å². The van der Waals surface area contributed by atoms with Crippen LogP contribution < -0.4 is 20.9 Å². The Morgan fingerprint density at radius 2 is 1.03 bits per heavy atom. The molecule has 8 rings (SSSR count). The first-order valence-electron chi connectivity index (χ1n) is 23.8. The lowest BCUT2D eigenvalue weighted by Gasteiger charge is -2.37. The van der Waals surface area contributed by atoms with Crippen molar-refractivity contribution in [1.82, 2.24) is 40.4 Å². The number of nitrogens with two attached hydrogens (primary N) is 2. The fourth-order valence-electron chi connectivity index (χ4n) is 8.92. The maximum atomic E-state index is 11.6. The van der Waals surface area contributed by atoms with Crippen molar-refractivity contribution in [3.63, 3.8) is 0 Å². The summed E-state index contributed by atoms with van der Waals surface area (Å²) < 4.78 is 46.2. The maximum absolute atomic E-state index is 11.6. The first kappa shape index (κ1) is 52.1. The highest BCUT2D eigenvalue weighted by Gasteiger charge is 2.24. The van der Waals surface area contributed by atoms with Gasteiger partial charge < -0.3 is 20.8 Å². The average Bonchev–Trinajstić information content (AvgIpc) is 3.32. The zero-order valence-electron chi connectivity index (χ0n) is 40.4. The number of rotatable bonds is 16. The third-order valence-electron chi connectivity index (χ3n) is 12.8. The van der Waals surface area contributed by atoms with Crippen LogP contribution >= 0.6 is 0 Å². The number of piperazine rings is 2. The lowest BCUT2D eigenvalue weighted by molar-refractivity contribution is 0.139. The molecule has 2 aromatic heterocycles. The monoisotopic (exact) mass is 990 g/mol. The van der Waals surface area contributed by atoms with Crippen molar-refractivity contribution in [3.8, 4) is 34.0 Å². The van der Waals surface area contributed by atoms with E-state index in [-0.39, 0.29) is 21.3 Å². The Morgan fingerprint density at radius 3 is 1.50 bits per heavy atom. The number of nitrogens with zero attached hydrogens (tertiary/aromatic N) is 6. The van der Waals surface area contributed by atoms with E-state index in [1.54, 1.807) is 24.5 Å². The standard InChI is InChI=1S/2C26H33N5O3S/c1-18-16-31(19(2)15-29-18)17-21-6-3-7-22(13-21)23-11-12-28-26(30-23)8-4-5-20-9-10-25(24(32)14-20)35(27,33)34;1-18-16-31(19(2)15-29-18)17-21-6-3-7-22(13-21)23-11-12-28-26(30-23)8-4-5-20-9-10-24(32)25(14-20)35(27,33)34/h2*3,6-7,9-14,18-19,29,32H,4-5,8,15-17H2,1-2H3,(H2,27,33,34)/t2*18-,19-/m00/s1. The number of aromatic hydroxyl groups is 2. The van der Waals surface area contributed by atoms with E-state index < -0.39 is 20.0 Å². The second-order valence-corrected chi connectivity index (χ2v) is 21.8. The van der Waals surface area contributed by atoms with Crippen molar-refractivity contribution in [2.75, 3.05) is 26.2 Å². The van der Waals surface area contributed by atoms with Crippen LogP contribution in [0.25, 0.3) is 22.5 Å².